The van der Waals surface area contributed by atoms with Crippen LogP contribution >= 0.6 is 0 Å². The van der Waals surface area contributed by atoms with Gasteiger partial charge in [0.1, 0.15) is 5.75 Å². The van der Waals surface area contributed by atoms with E-state index >= 15 is 0 Å². The van der Waals surface area contributed by atoms with Crippen LogP contribution in [0.2, 0.25) is 0 Å². The fraction of sp³-hybridized carbons (Fsp3) is 0.533. The Balaban J connectivity index is 1.89. The number of sulfone groups is 1. The zero-order valence-electron chi connectivity index (χ0n) is 12.5. The number of carbonyl (C=O) groups is 1. The van der Waals surface area contributed by atoms with Gasteiger partial charge in [-0.05, 0) is 19.1 Å². The molecule has 7 heteroatoms. The molecule has 1 aromatic rings. The molecular formula is C15H21NO5S. The van der Waals surface area contributed by atoms with Crippen molar-refractivity contribution >= 4 is 15.7 Å². The van der Waals surface area contributed by atoms with Crippen molar-refractivity contribution in [3.05, 3.63) is 30.3 Å². The average Bonchev–Trinajstić information content (AvgIpc) is 2.74. The van der Waals surface area contributed by atoms with E-state index in [1.165, 1.54) is 4.90 Å². The third-order valence-electron chi connectivity index (χ3n) is 3.68. The molecule has 2 atom stereocenters. The number of carbonyl (C=O) groups excluding carboxylic acids is 1. The molecule has 122 valence electrons. The molecular weight excluding hydrogens is 306 g/mol. The van der Waals surface area contributed by atoms with E-state index in [-0.39, 0.29) is 30.4 Å². The Bertz CT molecular complexity index is 602. The molecule has 1 heterocycles. The predicted octanol–water partition coefficient (Wildman–Crippen LogP) is 0.462. The van der Waals surface area contributed by atoms with E-state index < -0.39 is 22.0 Å². The lowest BCUT2D eigenvalue weighted by atomic mass is 10.1. The van der Waals surface area contributed by atoms with Gasteiger partial charge in [0.2, 0.25) is 5.91 Å². The number of para-hydroxylation sites is 1. The van der Waals surface area contributed by atoms with Gasteiger partial charge in [-0.3, -0.25) is 4.79 Å². The molecule has 0 bridgehead atoms. The molecule has 0 aromatic heterocycles. The van der Waals surface area contributed by atoms with Gasteiger partial charge in [-0.2, -0.15) is 0 Å². The smallest absolute Gasteiger partial charge is 0.226 e. The molecule has 0 unspecified atom stereocenters. The average molecular weight is 327 g/mol. The van der Waals surface area contributed by atoms with Crippen molar-refractivity contribution in [2.24, 2.45) is 0 Å². The largest absolute Gasteiger partial charge is 0.493 e. The second-order valence-electron chi connectivity index (χ2n) is 5.30. The van der Waals surface area contributed by atoms with Crippen molar-refractivity contribution < 1.29 is 23.1 Å². The summed E-state index contributed by atoms with van der Waals surface area (Å²) in [5.74, 6) is 0.0244. The number of hydrogen-bond acceptors (Lipinski definition) is 5. The minimum Gasteiger partial charge on any atom is -0.493 e. The Morgan fingerprint density at radius 3 is 2.55 bits per heavy atom. The summed E-state index contributed by atoms with van der Waals surface area (Å²) < 4.78 is 28.6. The number of benzene rings is 1. The summed E-state index contributed by atoms with van der Waals surface area (Å²) in [6, 6.07) is 8.51. The molecule has 1 N–H and O–H groups in total. The summed E-state index contributed by atoms with van der Waals surface area (Å²) in [7, 11) is -3.27. The van der Waals surface area contributed by atoms with E-state index in [0.717, 1.165) is 0 Å². The molecule has 6 nitrogen and oxygen atoms in total. The number of ether oxygens (including phenoxy) is 1. The first kappa shape index (κ1) is 16.8. The Hall–Kier alpha value is -1.60. The van der Waals surface area contributed by atoms with Crippen LogP contribution in [0, 0.1) is 0 Å². The fourth-order valence-corrected chi connectivity index (χ4v) is 4.42. The number of nitrogens with zero attached hydrogens (tertiary/aromatic N) is 1. The second-order valence-corrected chi connectivity index (χ2v) is 7.46. The van der Waals surface area contributed by atoms with Crippen molar-refractivity contribution in [1.82, 2.24) is 4.90 Å². The van der Waals surface area contributed by atoms with E-state index in [4.69, 9.17) is 4.74 Å². The molecule has 1 aliphatic heterocycles. The van der Waals surface area contributed by atoms with E-state index in [0.29, 0.717) is 12.3 Å². The molecule has 1 amide bonds. The Labute approximate surface area is 130 Å². The molecule has 22 heavy (non-hydrogen) atoms. The highest BCUT2D eigenvalue weighted by Crippen LogP contribution is 2.19. The third-order valence-corrected chi connectivity index (χ3v) is 5.38. The summed E-state index contributed by atoms with van der Waals surface area (Å²) >= 11 is 0. The predicted molar refractivity (Wildman–Crippen MR) is 82.4 cm³/mol. The van der Waals surface area contributed by atoms with E-state index in [9.17, 15) is 18.3 Å². The molecule has 0 aliphatic carbocycles. The quantitative estimate of drug-likeness (QED) is 0.821. The highest BCUT2D eigenvalue weighted by Gasteiger charge is 2.41. The van der Waals surface area contributed by atoms with E-state index in [1.54, 1.807) is 19.1 Å². The van der Waals surface area contributed by atoms with Crippen molar-refractivity contribution in [3.8, 4) is 5.75 Å². The molecule has 0 spiro atoms. The molecule has 0 radical (unpaired) electrons. The topological polar surface area (TPSA) is 83.9 Å². The van der Waals surface area contributed by atoms with Crippen LogP contribution in [0.15, 0.2) is 30.3 Å². The highest BCUT2D eigenvalue weighted by atomic mass is 32.2. The number of likely N-dealkylation sites (N-methyl/N-ethyl adjacent to an activating group) is 1. The van der Waals surface area contributed by atoms with Crippen molar-refractivity contribution in [2.75, 3.05) is 24.7 Å². The molecule has 1 saturated heterocycles. The first-order chi connectivity index (χ1) is 10.4. The maximum absolute atomic E-state index is 12.2. The van der Waals surface area contributed by atoms with Crippen LogP contribution < -0.4 is 4.74 Å². The third kappa shape index (κ3) is 4.20. The van der Waals surface area contributed by atoms with Crippen molar-refractivity contribution in [3.63, 3.8) is 0 Å². The Morgan fingerprint density at radius 2 is 2.00 bits per heavy atom. The van der Waals surface area contributed by atoms with Gasteiger partial charge in [0.15, 0.2) is 9.84 Å². The summed E-state index contributed by atoms with van der Waals surface area (Å²) in [5, 5.41) is 9.87. The van der Waals surface area contributed by atoms with Gasteiger partial charge >= 0.3 is 0 Å². The number of rotatable bonds is 6. The lowest BCUT2D eigenvalue weighted by molar-refractivity contribution is -0.135. The fourth-order valence-electron chi connectivity index (χ4n) is 2.62. The van der Waals surface area contributed by atoms with Crippen LogP contribution in [0.25, 0.3) is 0 Å². The normalized spacial score (nSPS) is 23.2. The lowest BCUT2D eigenvalue weighted by Gasteiger charge is -2.29. The van der Waals surface area contributed by atoms with Gasteiger partial charge in [-0.25, -0.2) is 8.42 Å². The summed E-state index contributed by atoms with van der Waals surface area (Å²) in [6.07, 6.45) is -0.865. The molecule has 1 aliphatic rings. The van der Waals surface area contributed by atoms with Crippen molar-refractivity contribution in [2.45, 2.75) is 25.5 Å². The zero-order valence-corrected chi connectivity index (χ0v) is 13.3. The van der Waals surface area contributed by atoms with E-state index in [2.05, 4.69) is 0 Å². The Kier molecular flexibility index (Phi) is 5.42. The highest BCUT2D eigenvalue weighted by molar-refractivity contribution is 7.91. The first-order valence-corrected chi connectivity index (χ1v) is 9.11. The lowest BCUT2D eigenvalue weighted by Crippen LogP contribution is -2.46. The van der Waals surface area contributed by atoms with Crippen LogP contribution in [0.1, 0.15) is 13.3 Å². The number of aliphatic hydroxyl groups is 1. The van der Waals surface area contributed by atoms with Crippen molar-refractivity contribution in [1.29, 1.82) is 0 Å². The van der Waals surface area contributed by atoms with Crippen LogP contribution in [0.5, 0.6) is 5.75 Å². The second kappa shape index (κ2) is 7.11. The first-order valence-electron chi connectivity index (χ1n) is 7.29. The standard InChI is InChI=1S/C15H21NO5S/c1-2-16(13-10-22(19,20)11-14(13)17)15(18)8-9-21-12-6-4-3-5-7-12/h3-7,13-14,17H,2,8-11H2,1H3/t13-,14-/m0/s1. The minimum absolute atomic E-state index is 0.145. The Morgan fingerprint density at radius 1 is 1.32 bits per heavy atom. The maximum atomic E-state index is 12.2. The summed E-state index contributed by atoms with van der Waals surface area (Å²) in [5.41, 5.74) is 0. The summed E-state index contributed by atoms with van der Waals surface area (Å²) in [6.45, 7) is 2.35. The van der Waals surface area contributed by atoms with Crippen LogP contribution in [-0.2, 0) is 14.6 Å². The van der Waals surface area contributed by atoms with Gasteiger partial charge in [0, 0.05) is 6.54 Å². The SMILES string of the molecule is CCN(C(=O)CCOc1ccccc1)[C@H]1CS(=O)(=O)C[C@@H]1O. The number of amides is 1. The van der Waals surface area contributed by atoms with Gasteiger partial charge in [-0.1, -0.05) is 18.2 Å². The van der Waals surface area contributed by atoms with Crippen LogP contribution in [0.3, 0.4) is 0 Å². The maximum Gasteiger partial charge on any atom is 0.226 e. The van der Waals surface area contributed by atoms with Gasteiger partial charge in [-0.15, -0.1) is 0 Å². The van der Waals surface area contributed by atoms with Crippen LogP contribution in [-0.4, -0.2) is 61.1 Å². The molecule has 1 fully saturated rings. The van der Waals surface area contributed by atoms with Crippen LogP contribution in [0.4, 0.5) is 0 Å². The minimum atomic E-state index is -3.27. The molecule has 0 saturated carbocycles. The van der Waals surface area contributed by atoms with E-state index in [1.807, 2.05) is 18.2 Å². The van der Waals surface area contributed by atoms with Gasteiger partial charge in [0.25, 0.3) is 0 Å². The number of aliphatic hydroxyl groups excluding tert-OH is 1. The number of hydrogen-bond donors (Lipinski definition) is 1. The van der Waals surface area contributed by atoms with Gasteiger partial charge < -0.3 is 14.7 Å². The molecule has 1 aromatic carbocycles. The zero-order chi connectivity index (χ0) is 16.2. The summed E-state index contributed by atoms with van der Waals surface area (Å²) in [4.78, 5) is 13.7. The molecule has 2 rings (SSSR count). The monoisotopic (exact) mass is 327 g/mol. The van der Waals surface area contributed by atoms with Gasteiger partial charge in [0.05, 0.1) is 36.7 Å².